The molecule has 2 aliphatic rings. The van der Waals surface area contributed by atoms with Crippen LogP contribution < -0.4 is 15.2 Å². The van der Waals surface area contributed by atoms with Crippen LogP contribution in [-0.2, 0) is 20.4 Å². The highest BCUT2D eigenvalue weighted by atomic mass is 32.2. The lowest BCUT2D eigenvalue weighted by molar-refractivity contribution is -0.385. The van der Waals surface area contributed by atoms with Crippen molar-refractivity contribution in [2.75, 3.05) is 67.2 Å². The molecule has 15 nitrogen and oxygen atoms in total. The Hall–Kier alpha value is -3.20. The Kier molecular flexibility index (Phi) is 11.9. The van der Waals surface area contributed by atoms with Gasteiger partial charge < -0.3 is 20.3 Å². The predicted octanol–water partition coefficient (Wildman–Crippen LogP) is 0.489. The fourth-order valence-electron chi connectivity index (χ4n) is 4.02. The number of nitrogen functional groups attached to an aromatic ring is 1. The van der Waals surface area contributed by atoms with Crippen LogP contribution in [0, 0.1) is 21.7 Å². The van der Waals surface area contributed by atoms with Gasteiger partial charge in [-0.3, -0.25) is 10.1 Å². The van der Waals surface area contributed by atoms with Crippen molar-refractivity contribution >= 4 is 31.8 Å². The lowest BCUT2D eigenvalue weighted by Gasteiger charge is -2.35. The van der Waals surface area contributed by atoms with Crippen molar-refractivity contribution in [3.05, 3.63) is 58.1 Å². The topological polar surface area (TPSA) is 189 Å². The number of hydrogen-bond acceptors (Lipinski definition) is 10. The summed E-state index contributed by atoms with van der Waals surface area (Å²) in [5.74, 6) is -0.985. The maximum absolute atomic E-state index is 13.3. The number of nitro groups is 1. The van der Waals surface area contributed by atoms with E-state index in [0.717, 1.165) is 33.9 Å². The Balaban J connectivity index is 0.000000278. The first-order chi connectivity index (χ1) is 19.5. The second kappa shape index (κ2) is 14.3. The Labute approximate surface area is 243 Å². The quantitative estimate of drug-likeness (QED) is 0.264. The van der Waals surface area contributed by atoms with E-state index < -0.39 is 48.8 Å². The molecule has 2 saturated heterocycles. The van der Waals surface area contributed by atoms with E-state index in [4.69, 9.17) is 20.3 Å². The number of benzene rings is 2. The molecule has 0 aromatic heterocycles. The second-order valence-corrected chi connectivity index (χ2v) is 13.5. The van der Waals surface area contributed by atoms with Crippen molar-refractivity contribution in [3.8, 4) is 11.5 Å². The Morgan fingerprint density at radius 3 is 1.48 bits per heavy atom. The molecule has 2 fully saturated rings. The van der Waals surface area contributed by atoms with Crippen molar-refractivity contribution < 1.29 is 45.1 Å². The van der Waals surface area contributed by atoms with Crippen LogP contribution >= 0.6 is 0 Å². The Bertz CT molecular complexity index is 1410. The van der Waals surface area contributed by atoms with E-state index in [-0.39, 0.29) is 43.7 Å². The maximum Gasteiger partial charge on any atom is 0.281 e. The number of likely N-dealkylation sites (N-methyl/N-ethyl adjacent to an activating group) is 4. The zero-order chi connectivity index (χ0) is 32.0. The Morgan fingerprint density at radius 2 is 1.12 bits per heavy atom. The number of aliphatic hydroxyl groups excluding tert-OH is 1. The minimum atomic E-state index is -3.49. The number of ether oxygens (including phenoxy) is 2. The summed E-state index contributed by atoms with van der Waals surface area (Å²) in [6.07, 6.45) is -0.926. The first-order valence-electron chi connectivity index (χ1n) is 12.1. The van der Waals surface area contributed by atoms with Crippen LogP contribution in [0.2, 0.25) is 0 Å². The number of hydrogen-bond donors (Lipinski definition) is 2. The number of aliphatic hydroxyl groups is 1. The van der Waals surface area contributed by atoms with Crippen LogP contribution in [0.25, 0.3) is 0 Å². The van der Waals surface area contributed by atoms with Gasteiger partial charge in [0, 0.05) is 59.2 Å². The largest absolute Gasteiger partial charge is 0.487 e. The van der Waals surface area contributed by atoms with Gasteiger partial charge in [-0.1, -0.05) is 0 Å². The van der Waals surface area contributed by atoms with E-state index in [9.17, 15) is 35.7 Å². The van der Waals surface area contributed by atoms with Crippen LogP contribution in [0.3, 0.4) is 0 Å². The zero-order valence-electron chi connectivity index (χ0n) is 23.5. The highest BCUT2D eigenvalue weighted by molar-refractivity contribution is 7.87. The van der Waals surface area contributed by atoms with E-state index >= 15 is 0 Å². The normalized spacial score (nSPS) is 20.0. The summed E-state index contributed by atoms with van der Waals surface area (Å²) in [5, 5.41) is 17.7. The van der Waals surface area contributed by atoms with Gasteiger partial charge in [0.2, 0.25) is 0 Å². The standard InChI is InChI=1S/C11H14FN3O5S.C11H16FN3O3S.CH4O/c1-13-6-11(7-14(2)21(13,18)19)20-10-4-8(12)3-9(5-10)15(16)17;1-14-6-11(7-15(2)19(14,16)17)18-10-4-8(12)3-9(13)5-10;1-2/h3-5,11H,6-7H2,1-2H3;3-5,11H,6-7,13H2,1-2H3;2H,1H3. The third-order valence-electron chi connectivity index (χ3n) is 5.98. The van der Waals surface area contributed by atoms with Gasteiger partial charge in [0.15, 0.2) is 0 Å². The lowest BCUT2D eigenvalue weighted by Crippen LogP contribution is -2.54. The van der Waals surface area contributed by atoms with Gasteiger partial charge >= 0.3 is 0 Å². The molecule has 0 aliphatic carbocycles. The van der Waals surface area contributed by atoms with Crippen LogP contribution in [0.4, 0.5) is 20.2 Å². The number of nitrogens with two attached hydrogens (primary N) is 1. The summed E-state index contributed by atoms with van der Waals surface area (Å²) in [4.78, 5) is 9.95. The molecular weight excluding hydrogens is 606 g/mol. The van der Waals surface area contributed by atoms with E-state index in [1.165, 1.54) is 55.0 Å². The molecule has 0 bridgehead atoms. The summed E-state index contributed by atoms with van der Waals surface area (Å²) in [7, 11) is -0.141. The van der Waals surface area contributed by atoms with E-state index in [2.05, 4.69) is 0 Å². The van der Waals surface area contributed by atoms with Gasteiger partial charge in [-0.05, 0) is 6.07 Å². The van der Waals surface area contributed by atoms with Crippen LogP contribution in [-0.4, -0.2) is 118 Å². The number of anilines is 1. The first-order valence-corrected chi connectivity index (χ1v) is 14.9. The molecule has 0 unspecified atom stereocenters. The van der Waals surface area contributed by atoms with Gasteiger partial charge in [0.05, 0.1) is 43.2 Å². The molecule has 0 atom stereocenters. The highest BCUT2D eigenvalue weighted by Crippen LogP contribution is 2.25. The number of rotatable bonds is 5. The molecule has 19 heteroatoms. The molecule has 2 aliphatic heterocycles. The third kappa shape index (κ3) is 8.90. The van der Waals surface area contributed by atoms with Crippen LogP contribution in [0.15, 0.2) is 36.4 Å². The molecule has 2 heterocycles. The molecular formula is C23H34F2N6O9S2. The summed E-state index contributed by atoms with van der Waals surface area (Å²) in [6.45, 7) is 0.583. The van der Waals surface area contributed by atoms with Gasteiger partial charge in [-0.25, -0.2) is 8.78 Å². The van der Waals surface area contributed by atoms with Crippen molar-refractivity contribution in [1.29, 1.82) is 0 Å². The number of halogens is 2. The fraction of sp³-hybridized carbons (Fsp3) is 0.478. The number of non-ortho nitro benzene ring substituents is 1. The van der Waals surface area contributed by atoms with Gasteiger partial charge in [0.25, 0.3) is 26.1 Å². The van der Waals surface area contributed by atoms with Crippen molar-refractivity contribution in [2.45, 2.75) is 12.2 Å². The van der Waals surface area contributed by atoms with E-state index in [1.54, 1.807) is 0 Å². The summed E-state index contributed by atoms with van der Waals surface area (Å²) >= 11 is 0. The van der Waals surface area contributed by atoms with Crippen molar-refractivity contribution in [1.82, 2.24) is 17.2 Å². The molecule has 0 saturated carbocycles. The molecule has 4 rings (SSSR count). The number of nitrogens with zero attached hydrogens (tertiary/aromatic N) is 5. The van der Waals surface area contributed by atoms with Crippen molar-refractivity contribution in [3.63, 3.8) is 0 Å². The van der Waals surface area contributed by atoms with Crippen LogP contribution in [0.1, 0.15) is 0 Å². The Morgan fingerprint density at radius 1 is 0.762 bits per heavy atom. The minimum Gasteiger partial charge on any atom is -0.487 e. The summed E-state index contributed by atoms with van der Waals surface area (Å²) in [5.41, 5.74) is 5.37. The van der Waals surface area contributed by atoms with Gasteiger partial charge in [0.1, 0.15) is 35.3 Å². The first kappa shape index (κ1) is 35.0. The molecule has 0 radical (unpaired) electrons. The summed E-state index contributed by atoms with van der Waals surface area (Å²) < 4.78 is 89.1. The maximum atomic E-state index is 13.3. The van der Waals surface area contributed by atoms with Crippen molar-refractivity contribution in [2.24, 2.45) is 0 Å². The zero-order valence-corrected chi connectivity index (χ0v) is 25.2. The SMILES string of the molecule is CN1CC(Oc2cc(F)cc([N+](=O)[O-])c2)CN(C)S1(=O)=O.CN1CC(Oc2cc(N)cc(F)c2)CN(C)S1(=O)=O.CO. The highest BCUT2D eigenvalue weighted by Gasteiger charge is 2.35. The fourth-order valence-corrected chi connectivity index (χ4v) is 6.39. The lowest BCUT2D eigenvalue weighted by atomic mass is 10.2. The molecule has 236 valence electrons. The molecule has 0 amide bonds. The molecule has 2 aromatic carbocycles. The number of nitro benzene ring substituents is 1. The molecule has 0 spiro atoms. The summed E-state index contributed by atoms with van der Waals surface area (Å²) in [6, 6.07) is 6.83. The average Bonchev–Trinajstić information content (AvgIpc) is 2.87. The van der Waals surface area contributed by atoms with Gasteiger partial charge in [-0.15, -0.1) is 0 Å². The average molecular weight is 641 g/mol. The van der Waals surface area contributed by atoms with Gasteiger partial charge in [-0.2, -0.15) is 34.1 Å². The monoisotopic (exact) mass is 640 g/mol. The van der Waals surface area contributed by atoms with E-state index in [0.29, 0.717) is 5.75 Å². The van der Waals surface area contributed by atoms with Crippen LogP contribution in [0.5, 0.6) is 11.5 Å². The second-order valence-electron chi connectivity index (χ2n) is 9.24. The predicted molar refractivity (Wildman–Crippen MR) is 149 cm³/mol. The smallest absolute Gasteiger partial charge is 0.281 e. The minimum absolute atomic E-state index is 0.00667. The van der Waals surface area contributed by atoms with E-state index in [1.807, 2.05) is 0 Å². The molecule has 3 N–H and O–H groups in total. The third-order valence-corrected chi connectivity index (χ3v) is 9.73. The molecule has 2 aromatic rings. The molecule has 42 heavy (non-hydrogen) atoms.